The quantitative estimate of drug-likeness (QED) is 0.672. The molecule has 1 N–H and O–H groups in total. The summed E-state index contributed by atoms with van der Waals surface area (Å²) in [6.45, 7) is 2.69. The van der Waals surface area contributed by atoms with Gasteiger partial charge in [0.1, 0.15) is 17.9 Å². The van der Waals surface area contributed by atoms with Gasteiger partial charge in [-0.1, -0.05) is 11.8 Å². The topological polar surface area (TPSA) is 104 Å². The number of anilines is 1. The lowest BCUT2D eigenvalue weighted by Gasteiger charge is -2.34. The van der Waals surface area contributed by atoms with Crippen molar-refractivity contribution in [2.24, 2.45) is 0 Å². The minimum Gasteiger partial charge on any atom is -0.455 e. The minimum absolute atomic E-state index is 0.0836. The number of hydrogen-bond acceptors (Lipinski definition) is 8. The van der Waals surface area contributed by atoms with E-state index in [9.17, 15) is 4.79 Å². The van der Waals surface area contributed by atoms with Gasteiger partial charge in [0.25, 0.3) is 5.91 Å². The average Bonchev–Trinajstić information content (AvgIpc) is 3.38. The van der Waals surface area contributed by atoms with Crippen LogP contribution in [0.15, 0.2) is 46.6 Å². The molecule has 1 amide bonds. The first-order chi connectivity index (χ1) is 12.8. The Morgan fingerprint density at radius 2 is 2.08 bits per heavy atom. The van der Waals surface area contributed by atoms with E-state index in [2.05, 4.69) is 30.0 Å². The number of aromatic amines is 1. The highest BCUT2D eigenvalue weighted by Gasteiger charge is 2.25. The molecule has 3 aromatic rings. The molecule has 0 bridgehead atoms. The van der Waals surface area contributed by atoms with Crippen LogP contribution >= 0.6 is 11.8 Å². The van der Waals surface area contributed by atoms with Crippen LogP contribution in [0, 0.1) is 0 Å². The van der Waals surface area contributed by atoms with Crippen molar-refractivity contribution in [1.82, 2.24) is 30.0 Å². The number of carbonyl (C=O) groups is 1. The maximum atomic E-state index is 12.6. The van der Waals surface area contributed by atoms with Gasteiger partial charge in [0, 0.05) is 38.6 Å². The molecule has 9 nitrogen and oxygen atoms in total. The van der Waals surface area contributed by atoms with Gasteiger partial charge < -0.3 is 14.2 Å². The predicted molar refractivity (Wildman–Crippen MR) is 94.8 cm³/mol. The maximum absolute atomic E-state index is 12.6. The monoisotopic (exact) mass is 371 g/mol. The lowest BCUT2D eigenvalue weighted by atomic mass is 10.3. The van der Waals surface area contributed by atoms with Gasteiger partial charge in [0.15, 0.2) is 10.9 Å². The van der Waals surface area contributed by atoms with E-state index in [4.69, 9.17) is 4.42 Å². The summed E-state index contributed by atoms with van der Waals surface area (Å²) in [6.07, 6.45) is 6.52. The molecule has 134 valence electrons. The zero-order valence-electron chi connectivity index (χ0n) is 13.9. The summed E-state index contributed by atoms with van der Waals surface area (Å²) in [6, 6.07) is 3.56. The summed E-state index contributed by atoms with van der Waals surface area (Å²) >= 11 is 1.47. The highest BCUT2D eigenvalue weighted by atomic mass is 32.2. The van der Waals surface area contributed by atoms with E-state index in [0.717, 1.165) is 29.8 Å². The van der Waals surface area contributed by atoms with E-state index < -0.39 is 0 Å². The molecule has 0 atom stereocenters. The Labute approximate surface area is 153 Å². The number of aromatic nitrogens is 5. The third-order valence-electron chi connectivity index (χ3n) is 4.06. The Bertz CT molecular complexity index is 845. The van der Waals surface area contributed by atoms with Gasteiger partial charge in [-0.3, -0.25) is 14.9 Å². The number of carbonyl (C=O) groups excluding carboxylic acids is 1. The van der Waals surface area contributed by atoms with Gasteiger partial charge in [0.2, 0.25) is 0 Å². The molecule has 10 heteroatoms. The summed E-state index contributed by atoms with van der Waals surface area (Å²) < 4.78 is 5.70. The molecule has 1 aliphatic heterocycles. The zero-order valence-corrected chi connectivity index (χ0v) is 14.7. The third kappa shape index (κ3) is 3.69. The lowest BCUT2D eigenvalue weighted by molar-refractivity contribution is 0.0713. The van der Waals surface area contributed by atoms with Crippen LogP contribution in [0.4, 0.5) is 5.82 Å². The second-order valence-corrected chi connectivity index (χ2v) is 6.65. The van der Waals surface area contributed by atoms with Crippen molar-refractivity contribution in [3.05, 3.63) is 48.6 Å². The summed E-state index contributed by atoms with van der Waals surface area (Å²) in [7, 11) is 0. The Morgan fingerprint density at radius 3 is 2.81 bits per heavy atom. The predicted octanol–water partition coefficient (Wildman–Crippen LogP) is 1.44. The zero-order chi connectivity index (χ0) is 17.8. The Morgan fingerprint density at radius 1 is 1.19 bits per heavy atom. The molecule has 4 rings (SSSR count). The number of nitrogens with one attached hydrogen (secondary N) is 1. The standard InChI is InChI=1S/C16H17N7O2S/c24-15(13-2-1-12(25-13)10-26-16-19-11-20-21-16)23-7-5-22(6-8-23)14-9-17-3-4-18-14/h1-4,9,11H,5-8,10H2,(H,19,20,21). The number of rotatable bonds is 5. The van der Waals surface area contributed by atoms with E-state index in [1.165, 1.54) is 18.1 Å². The van der Waals surface area contributed by atoms with Crippen LogP contribution in [0.25, 0.3) is 0 Å². The number of furan rings is 1. The number of nitrogens with zero attached hydrogens (tertiary/aromatic N) is 6. The fourth-order valence-corrected chi connectivity index (χ4v) is 3.40. The molecule has 1 fully saturated rings. The Hall–Kier alpha value is -2.88. The van der Waals surface area contributed by atoms with Crippen LogP contribution in [-0.4, -0.2) is 62.1 Å². The van der Waals surface area contributed by atoms with Crippen LogP contribution in [0.2, 0.25) is 0 Å². The number of hydrogen-bond donors (Lipinski definition) is 1. The Kier molecular flexibility index (Phi) is 4.82. The largest absolute Gasteiger partial charge is 0.455 e. The Balaban J connectivity index is 1.32. The number of piperazine rings is 1. The number of thioether (sulfide) groups is 1. The van der Waals surface area contributed by atoms with E-state index in [0.29, 0.717) is 24.6 Å². The molecule has 26 heavy (non-hydrogen) atoms. The van der Waals surface area contributed by atoms with Crippen LogP contribution < -0.4 is 4.90 Å². The highest BCUT2D eigenvalue weighted by Crippen LogP contribution is 2.21. The van der Waals surface area contributed by atoms with Crippen LogP contribution in [0.5, 0.6) is 0 Å². The lowest BCUT2D eigenvalue weighted by Crippen LogP contribution is -2.49. The second kappa shape index (κ2) is 7.56. The second-order valence-electron chi connectivity index (χ2n) is 5.69. The van der Waals surface area contributed by atoms with Gasteiger partial charge in [-0.2, -0.15) is 5.10 Å². The third-order valence-corrected chi connectivity index (χ3v) is 4.96. The van der Waals surface area contributed by atoms with Gasteiger partial charge in [-0.05, 0) is 12.1 Å². The van der Waals surface area contributed by atoms with E-state index in [1.807, 2.05) is 6.07 Å². The van der Waals surface area contributed by atoms with Crippen LogP contribution in [0.3, 0.4) is 0 Å². The van der Waals surface area contributed by atoms with Crippen molar-refractivity contribution in [1.29, 1.82) is 0 Å². The number of H-pyrrole nitrogens is 1. The minimum atomic E-state index is -0.0836. The van der Waals surface area contributed by atoms with Crippen molar-refractivity contribution < 1.29 is 9.21 Å². The molecule has 1 aliphatic rings. The molecular weight excluding hydrogens is 354 g/mol. The van der Waals surface area contributed by atoms with Crippen molar-refractivity contribution >= 4 is 23.5 Å². The summed E-state index contributed by atoms with van der Waals surface area (Å²) in [5.41, 5.74) is 0. The first-order valence-electron chi connectivity index (χ1n) is 8.17. The van der Waals surface area contributed by atoms with Gasteiger partial charge in [0.05, 0.1) is 11.9 Å². The molecule has 4 heterocycles. The van der Waals surface area contributed by atoms with E-state index >= 15 is 0 Å². The molecule has 3 aromatic heterocycles. The van der Waals surface area contributed by atoms with Gasteiger partial charge in [-0.25, -0.2) is 9.97 Å². The first kappa shape index (κ1) is 16.6. The van der Waals surface area contributed by atoms with Gasteiger partial charge in [-0.15, -0.1) is 0 Å². The van der Waals surface area contributed by atoms with Gasteiger partial charge >= 0.3 is 0 Å². The molecule has 0 aromatic carbocycles. The fourth-order valence-electron chi connectivity index (χ4n) is 2.72. The molecular formula is C16H17N7O2S. The van der Waals surface area contributed by atoms with Crippen molar-refractivity contribution in [2.45, 2.75) is 10.9 Å². The summed E-state index contributed by atoms with van der Waals surface area (Å²) in [5.74, 6) is 2.44. The summed E-state index contributed by atoms with van der Waals surface area (Å²) in [4.78, 5) is 29.0. The molecule has 0 spiro atoms. The van der Waals surface area contributed by atoms with Crippen molar-refractivity contribution in [2.75, 3.05) is 31.1 Å². The fraction of sp³-hybridized carbons (Fsp3) is 0.312. The first-order valence-corrected chi connectivity index (χ1v) is 9.15. The molecule has 0 saturated carbocycles. The SMILES string of the molecule is O=C(c1ccc(CSc2ncn[nH]2)o1)N1CCN(c2cnccn2)CC1. The summed E-state index contributed by atoms with van der Waals surface area (Å²) in [5, 5.41) is 7.29. The van der Waals surface area contributed by atoms with Crippen LogP contribution in [-0.2, 0) is 5.75 Å². The molecule has 1 saturated heterocycles. The molecule has 0 aliphatic carbocycles. The average molecular weight is 371 g/mol. The maximum Gasteiger partial charge on any atom is 0.289 e. The van der Waals surface area contributed by atoms with Crippen molar-refractivity contribution in [3.63, 3.8) is 0 Å². The highest BCUT2D eigenvalue weighted by molar-refractivity contribution is 7.98. The smallest absolute Gasteiger partial charge is 0.289 e. The van der Waals surface area contributed by atoms with Crippen LogP contribution in [0.1, 0.15) is 16.3 Å². The van der Waals surface area contributed by atoms with E-state index in [-0.39, 0.29) is 5.91 Å². The molecule has 0 radical (unpaired) electrons. The van der Waals surface area contributed by atoms with Crippen molar-refractivity contribution in [3.8, 4) is 0 Å². The normalized spacial score (nSPS) is 14.6. The molecule has 0 unspecified atom stereocenters. The number of amides is 1. The van der Waals surface area contributed by atoms with E-state index in [1.54, 1.807) is 29.6 Å².